The van der Waals surface area contributed by atoms with E-state index in [-0.39, 0.29) is 24.2 Å². The Morgan fingerprint density at radius 1 is 1.35 bits per heavy atom. The summed E-state index contributed by atoms with van der Waals surface area (Å²) >= 11 is 0. The minimum absolute atomic E-state index is 0.138. The Balaban J connectivity index is 1.71. The van der Waals surface area contributed by atoms with Gasteiger partial charge in [-0.15, -0.1) is 0 Å². The zero-order chi connectivity index (χ0) is 18.5. The van der Waals surface area contributed by atoms with E-state index in [0.717, 1.165) is 5.56 Å². The highest BCUT2D eigenvalue weighted by atomic mass is 19.1. The van der Waals surface area contributed by atoms with Crippen molar-refractivity contribution in [2.75, 3.05) is 26.7 Å². The molecular formula is C19H21FN4O2. The fourth-order valence-corrected chi connectivity index (χ4v) is 3.09. The van der Waals surface area contributed by atoms with E-state index in [1.807, 2.05) is 24.1 Å². The Kier molecular flexibility index (Phi) is 5.58. The smallest absolute Gasteiger partial charge is 0.247 e. The third-order valence-electron chi connectivity index (χ3n) is 4.30. The minimum Gasteiger partial charge on any atom is -0.352 e. The molecule has 1 aromatic carbocycles. The van der Waals surface area contributed by atoms with Crippen molar-refractivity contribution in [2.24, 2.45) is 0 Å². The van der Waals surface area contributed by atoms with Gasteiger partial charge in [0, 0.05) is 32.0 Å². The Morgan fingerprint density at radius 3 is 2.81 bits per heavy atom. The maximum Gasteiger partial charge on any atom is 0.247 e. The van der Waals surface area contributed by atoms with Crippen molar-refractivity contribution in [3.05, 3.63) is 65.7 Å². The second-order valence-corrected chi connectivity index (χ2v) is 6.37. The van der Waals surface area contributed by atoms with Gasteiger partial charge in [-0.05, 0) is 36.4 Å². The van der Waals surface area contributed by atoms with Gasteiger partial charge in [-0.3, -0.25) is 19.5 Å². The lowest BCUT2D eigenvalue weighted by Gasteiger charge is -2.36. The van der Waals surface area contributed by atoms with Crippen LogP contribution in [0.1, 0.15) is 17.2 Å². The second kappa shape index (κ2) is 8.05. The number of benzene rings is 1. The molecule has 1 aliphatic heterocycles. The largest absolute Gasteiger partial charge is 0.352 e. The van der Waals surface area contributed by atoms with Gasteiger partial charge in [-0.1, -0.05) is 18.2 Å². The highest BCUT2D eigenvalue weighted by Gasteiger charge is 2.34. The fraction of sp³-hybridized carbons (Fsp3) is 0.316. The summed E-state index contributed by atoms with van der Waals surface area (Å²) in [4.78, 5) is 32.7. The topological polar surface area (TPSA) is 65.5 Å². The number of rotatable bonds is 5. The molecule has 1 saturated heterocycles. The SMILES string of the molecule is CN(CC(=O)N1CCNC(=O)C1c1ccc(F)cc1)Cc1cccnc1. The van der Waals surface area contributed by atoms with Crippen LogP contribution >= 0.6 is 0 Å². The Morgan fingerprint density at radius 2 is 2.12 bits per heavy atom. The molecule has 2 aromatic rings. The molecule has 3 rings (SSSR count). The fourth-order valence-electron chi connectivity index (χ4n) is 3.09. The molecule has 1 atom stereocenters. The number of hydrogen-bond donors (Lipinski definition) is 1. The molecule has 6 nitrogen and oxygen atoms in total. The Labute approximate surface area is 151 Å². The number of likely N-dealkylation sites (N-methyl/N-ethyl adjacent to an activating group) is 1. The van der Waals surface area contributed by atoms with E-state index in [4.69, 9.17) is 0 Å². The van der Waals surface area contributed by atoms with Crippen molar-refractivity contribution in [2.45, 2.75) is 12.6 Å². The lowest BCUT2D eigenvalue weighted by molar-refractivity contribution is -0.144. The summed E-state index contributed by atoms with van der Waals surface area (Å²) in [6.45, 7) is 1.60. The molecule has 2 amide bonds. The third kappa shape index (κ3) is 4.23. The van der Waals surface area contributed by atoms with Gasteiger partial charge in [-0.2, -0.15) is 0 Å². The van der Waals surface area contributed by atoms with Crippen LogP contribution in [0.25, 0.3) is 0 Å². The molecule has 136 valence electrons. The van der Waals surface area contributed by atoms with Gasteiger partial charge in [0.15, 0.2) is 0 Å². The number of pyridine rings is 1. The predicted molar refractivity (Wildman–Crippen MR) is 94.4 cm³/mol. The first-order chi connectivity index (χ1) is 12.5. The lowest BCUT2D eigenvalue weighted by Crippen LogP contribution is -2.54. The number of aromatic nitrogens is 1. The van der Waals surface area contributed by atoms with E-state index in [1.165, 1.54) is 12.1 Å². The van der Waals surface area contributed by atoms with Gasteiger partial charge in [0.1, 0.15) is 11.9 Å². The Bertz CT molecular complexity index is 767. The first-order valence-electron chi connectivity index (χ1n) is 8.44. The monoisotopic (exact) mass is 356 g/mol. The highest BCUT2D eigenvalue weighted by Crippen LogP contribution is 2.24. The summed E-state index contributed by atoms with van der Waals surface area (Å²) in [5.41, 5.74) is 1.61. The van der Waals surface area contributed by atoms with Crippen molar-refractivity contribution in [1.82, 2.24) is 20.1 Å². The van der Waals surface area contributed by atoms with Crippen LogP contribution in [0.5, 0.6) is 0 Å². The summed E-state index contributed by atoms with van der Waals surface area (Å²) in [6, 6.07) is 8.76. The van der Waals surface area contributed by atoms with Gasteiger partial charge >= 0.3 is 0 Å². The number of carbonyl (C=O) groups excluding carboxylic acids is 2. The van der Waals surface area contributed by atoms with Gasteiger partial charge in [0.2, 0.25) is 11.8 Å². The van der Waals surface area contributed by atoms with Crippen LogP contribution in [-0.2, 0) is 16.1 Å². The summed E-state index contributed by atoms with van der Waals surface area (Å²) in [6.07, 6.45) is 3.46. The standard InChI is InChI=1S/C19H21FN4O2/c1-23(12-14-3-2-8-21-11-14)13-17(25)24-10-9-22-19(26)18(24)15-4-6-16(20)7-5-15/h2-8,11,18H,9-10,12-13H2,1H3,(H,22,26). The van der Waals surface area contributed by atoms with Crippen LogP contribution in [-0.4, -0.2) is 53.3 Å². The maximum absolute atomic E-state index is 13.2. The van der Waals surface area contributed by atoms with E-state index in [1.54, 1.807) is 29.4 Å². The van der Waals surface area contributed by atoms with Crippen LogP contribution in [0.15, 0.2) is 48.8 Å². The number of halogens is 1. The van der Waals surface area contributed by atoms with Crippen LogP contribution in [0.3, 0.4) is 0 Å². The molecule has 1 aromatic heterocycles. The number of hydrogen-bond acceptors (Lipinski definition) is 4. The van der Waals surface area contributed by atoms with Gasteiger partial charge < -0.3 is 10.2 Å². The van der Waals surface area contributed by atoms with Crippen LogP contribution < -0.4 is 5.32 Å². The quantitative estimate of drug-likeness (QED) is 0.878. The lowest BCUT2D eigenvalue weighted by atomic mass is 10.0. The van der Waals surface area contributed by atoms with Crippen LogP contribution in [0.2, 0.25) is 0 Å². The summed E-state index contributed by atoms with van der Waals surface area (Å²) < 4.78 is 13.2. The van der Waals surface area contributed by atoms with E-state index >= 15 is 0 Å². The van der Waals surface area contributed by atoms with Gasteiger partial charge in [0.05, 0.1) is 6.54 Å². The first kappa shape index (κ1) is 18.0. The summed E-state index contributed by atoms with van der Waals surface area (Å²) in [7, 11) is 1.85. The number of carbonyl (C=O) groups is 2. The second-order valence-electron chi connectivity index (χ2n) is 6.37. The van der Waals surface area contributed by atoms with Crippen molar-refractivity contribution in [1.29, 1.82) is 0 Å². The van der Waals surface area contributed by atoms with Crippen molar-refractivity contribution < 1.29 is 14.0 Å². The molecule has 26 heavy (non-hydrogen) atoms. The van der Waals surface area contributed by atoms with E-state index < -0.39 is 6.04 Å². The van der Waals surface area contributed by atoms with Crippen molar-refractivity contribution >= 4 is 11.8 Å². The van der Waals surface area contributed by atoms with Crippen molar-refractivity contribution in [3.8, 4) is 0 Å². The molecule has 2 heterocycles. The Hall–Kier alpha value is -2.80. The average molecular weight is 356 g/mol. The van der Waals surface area contributed by atoms with E-state index in [0.29, 0.717) is 25.2 Å². The van der Waals surface area contributed by atoms with Crippen LogP contribution in [0.4, 0.5) is 4.39 Å². The molecular weight excluding hydrogens is 335 g/mol. The first-order valence-corrected chi connectivity index (χ1v) is 8.44. The zero-order valence-corrected chi connectivity index (χ0v) is 14.6. The number of amides is 2. The minimum atomic E-state index is -0.733. The molecule has 0 aliphatic carbocycles. The third-order valence-corrected chi connectivity index (χ3v) is 4.30. The van der Waals surface area contributed by atoms with E-state index in [9.17, 15) is 14.0 Å². The number of piperazine rings is 1. The van der Waals surface area contributed by atoms with Crippen LogP contribution in [0, 0.1) is 5.82 Å². The predicted octanol–water partition coefficient (Wildman–Crippen LogP) is 1.35. The van der Waals surface area contributed by atoms with E-state index in [2.05, 4.69) is 10.3 Å². The summed E-state index contributed by atoms with van der Waals surface area (Å²) in [5, 5.41) is 2.77. The molecule has 1 unspecified atom stereocenters. The molecule has 0 bridgehead atoms. The molecule has 1 N–H and O–H groups in total. The van der Waals surface area contributed by atoms with Gasteiger partial charge in [0.25, 0.3) is 0 Å². The van der Waals surface area contributed by atoms with Crippen molar-refractivity contribution in [3.63, 3.8) is 0 Å². The van der Waals surface area contributed by atoms with Gasteiger partial charge in [-0.25, -0.2) is 4.39 Å². The zero-order valence-electron chi connectivity index (χ0n) is 14.6. The number of nitrogens with one attached hydrogen (secondary N) is 1. The molecule has 0 spiro atoms. The number of nitrogens with zero attached hydrogens (tertiary/aromatic N) is 3. The molecule has 7 heteroatoms. The molecule has 0 radical (unpaired) electrons. The average Bonchev–Trinajstić information content (AvgIpc) is 2.63. The summed E-state index contributed by atoms with van der Waals surface area (Å²) in [5.74, 6) is -0.759. The molecule has 1 fully saturated rings. The normalized spacial score (nSPS) is 17.3. The highest BCUT2D eigenvalue weighted by molar-refractivity contribution is 5.90. The molecule has 1 aliphatic rings. The maximum atomic E-state index is 13.2. The molecule has 0 saturated carbocycles.